The first-order chi connectivity index (χ1) is 12.0. The van der Waals surface area contributed by atoms with Gasteiger partial charge in [-0.3, -0.25) is 9.59 Å². The van der Waals surface area contributed by atoms with Gasteiger partial charge in [-0.15, -0.1) is 16.4 Å². The van der Waals surface area contributed by atoms with Gasteiger partial charge in [-0.25, -0.2) is 0 Å². The SMILES string of the molecule is CC(=O)N1N=C(c2cccs2)OC1C(=O)NCCc1cccc(Cl)c1. The van der Waals surface area contributed by atoms with Crippen molar-refractivity contribution in [3.05, 3.63) is 57.2 Å². The molecule has 1 unspecified atom stereocenters. The average Bonchev–Trinajstić information content (AvgIpc) is 3.24. The summed E-state index contributed by atoms with van der Waals surface area (Å²) in [6, 6.07) is 11.1. The molecule has 25 heavy (non-hydrogen) atoms. The van der Waals surface area contributed by atoms with E-state index in [4.69, 9.17) is 16.3 Å². The Labute approximate surface area is 154 Å². The molecule has 1 aromatic heterocycles. The number of nitrogens with zero attached hydrogens (tertiary/aromatic N) is 2. The average molecular weight is 378 g/mol. The van der Waals surface area contributed by atoms with Crippen LogP contribution in [0.15, 0.2) is 46.9 Å². The molecule has 6 nitrogen and oxygen atoms in total. The molecule has 0 spiro atoms. The van der Waals surface area contributed by atoms with Gasteiger partial charge in [0.1, 0.15) is 0 Å². The van der Waals surface area contributed by atoms with Gasteiger partial charge in [0.15, 0.2) is 0 Å². The minimum Gasteiger partial charge on any atom is -0.440 e. The molecular weight excluding hydrogens is 362 g/mol. The van der Waals surface area contributed by atoms with Crippen LogP contribution in [0.25, 0.3) is 0 Å². The maximum absolute atomic E-state index is 12.4. The van der Waals surface area contributed by atoms with Crippen molar-refractivity contribution >= 4 is 40.6 Å². The number of hydrazone groups is 1. The fourth-order valence-electron chi connectivity index (χ4n) is 2.35. The lowest BCUT2D eigenvalue weighted by Gasteiger charge is -2.18. The molecule has 1 aromatic carbocycles. The molecule has 3 rings (SSSR count). The van der Waals surface area contributed by atoms with Crippen molar-refractivity contribution in [3.8, 4) is 0 Å². The second-order valence-corrected chi connectivity index (χ2v) is 6.77. The van der Waals surface area contributed by atoms with Crippen LogP contribution in [0.4, 0.5) is 0 Å². The van der Waals surface area contributed by atoms with E-state index in [0.717, 1.165) is 15.4 Å². The molecule has 1 aliphatic rings. The first-order valence-corrected chi connectivity index (χ1v) is 8.91. The minimum absolute atomic E-state index is 0.278. The summed E-state index contributed by atoms with van der Waals surface area (Å²) in [5, 5.41) is 10.5. The van der Waals surface area contributed by atoms with Crippen LogP contribution >= 0.6 is 22.9 Å². The van der Waals surface area contributed by atoms with Crippen LogP contribution in [-0.4, -0.2) is 35.5 Å². The topological polar surface area (TPSA) is 71.0 Å². The maximum Gasteiger partial charge on any atom is 0.284 e. The summed E-state index contributed by atoms with van der Waals surface area (Å²) < 4.78 is 5.60. The minimum atomic E-state index is -1.09. The van der Waals surface area contributed by atoms with E-state index in [1.54, 1.807) is 6.07 Å². The Hall–Kier alpha value is -2.38. The number of carbonyl (C=O) groups excluding carboxylic acids is 2. The van der Waals surface area contributed by atoms with E-state index < -0.39 is 12.1 Å². The predicted molar refractivity (Wildman–Crippen MR) is 96.4 cm³/mol. The first-order valence-electron chi connectivity index (χ1n) is 7.65. The molecule has 1 atom stereocenters. The molecule has 0 bridgehead atoms. The highest BCUT2D eigenvalue weighted by Crippen LogP contribution is 2.20. The Morgan fingerprint density at radius 3 is 2.88 bits per heavy atom. The van der Waals surface area contributed by atoms with Gasteiger partial charge in [-0.05, 0) is 35.6 Å². The summed E-state index contributed by atoms with van der Waals surface area (Å²) in [7, 11) is 0. The van der Waals surface area contributed by atoms with Gasteiger partial charge in [-0.2, -0.15) is 5.01 Å². The number of hydrogen-bond donors (Lipinski definition) is 1. The van der Waals surface area contributed by atoms with Crippen LogP contribution in [0.1, 0.15) is 17.4 Å². The van der Waals surface area contributed by atoms with Gasteiger partial charge in [0, 0.05) is 18.5 Å². The number of benzene rings is 1. The van der Waals surface area contributed by atoms with E-state index in [1.807, 2.05) is 35.7 Å². The zero-order valence-corrected chi connectivity index (χ0v) is 15.0. The molecule has 2 heterocycles. The molecule has 2 aromatic rings. The van der Waals surface area contributed by atoms with E-state index in [1.165, 1.54) is 18.3 Å². The monoisotopic (exact) mass is 377 g/mol. The second kappa shape index (κ2) is 7.67. The zero-order chi connectivity index (χ0) is 17.8. The largest absolute Gasteiger partial charge is 0.440 e. The number of hydrogen-bond acceptors (Lipinski definition) is 5. The van der Waals surface area contributed by atoms with Gasteiger partial charge in [-0.1, -0.05) is 29.8 Å². The molecule has 2 amide bonds. The Bertz CT molecular complexity index is 807. The molecule has 0 radical (unpaired) electrons. The first kappa shape index (κ1) is 17.4. The number of amides is 2. The summed E-state index contributed by atoms with van der Waals surface area (Å²) in [6.45, 7) is 1.75. The molecule has 8 heteroatoms. The van der Waals surface area contributed by atoms with Crippen molar-refractivity contribution in [2.24, 2.45) is 5.10 Å². The van der Waals surface area contributed by atoms with Crippen LogP contribution in [-0.2, 0) is 20.7 Å². The molecule has 0 fully saturated rings. The van der Waals surface area contributed by atoms with Crippen LogP contribution in [0, 0.1) is 0 Å². The number of nitrogens with one attached hydrogen (secondary N) is 1. The van der Waals surface area contributed by atoms with Crippen LogP contribution < -0.4 is 5.32 Å². The molecule has 1 aliphatic heterocycles. The Balaban J connectivity index is 1.60. The highest BCUT2D eigenvalue weighted by atomic mass is 35.5. The Morgan fingerprint density at radius 1 is 1.36 bits per heavy atom. The van der Waals surface area contributed by atoms with Crippen molar-refractivity contribution in [3.63, 3.8) is 0 Å². The van der Waals surface area contributed by atoms with Crippen LogP contribution in [0.3, 0.4) is 0 Å². The Kier molecular flexibility index (Phi) is 5.35. The molecular formula is C17H16ClN3O3S. The third-order valence-electron chi connectivity index (χ3n) is 3.52. The van der Waals surface area contributed by atoms with Crippen molar-refractivity contribution < 1.29 is 14.3 Å². The molecule has 0 saturated heterocycles. The fraction of sp³-hybridized carbons (Fsp3) is 0.235. The maximum atomic E-state index is 12.4. The standard InChI is InChI=1S/C17H16ClN3O3S/c1-11(22)21-17(24-16(20-21)14-6-3-9-25-14)15(23)19-8-7-12-4-2-5-13(18)10-12/h2-6,9-10,17H,7-8H2,1H3,(H,19,23). The zero-order valence-electron chi connectivity index (χ0n) is 13.4. The smallest absolute Gasteiger partial charge is 0.284 e. The van der Waals surface area contributed by atoms with Gasteiger partial charge in [0.25, 0.3) is 18.0 Å². The van der Waals surface area contributed by atoms with E-state index in [-0.39, 0.29) is 11.8 Å². The summed E-state index contributed by atoms with van der Waals surface area (Å²) in [6.07, 6.45) is -0.466. The van der Waals surface area contributed by atoms with Crippen LogP contribution in [0.2, 0.25) is 5.02 Å². The van der Waals surface area contributed by atoms with Crippen molar-refractivity contribution in [2.75, 3.05) is 6.54 Å². The third-order valence-corrected chi connectivity index (χ3v) is 4.62. The summed E-state index contributed by atoms with van der Waals surface area (Å²) in [4.78, 5) is 24.9. The number of ether oxygens (including phenoxy) is 1. The lowest BCUT2D eigenvalue weighted by Crippen LogP contribution is -2.45. The lowest BCUT2D eigenvalue weighted by molar-refractivity contribution is -0.146. The van der Waals surface area contributed by atoms with Gasteiger partial charge < -0.3 is 10.1 Å². The highest BCUT2D eigenvalue weighted by molar-refractivity contribution is 7.12. The van der Waals surface area contributed by atoms with Crippen molar-refractivity contribution in [2.45, 2.75) is 19.6 Å². The fourth-order valence-corrected chi connectivity index (χ4v) is 3.21. The number of halogens is 1. The Morgan fingerprint density at radius 2 is 2.20 bits per heavy atom. The van der Waals surface area contributed by atoms with E-state index in [9.17, 15) is 9.59 Å². The molecule has 130 valence electrons. The van der Waals surface area contributed by atoms with Gasteiger partial charge in [0.05, 0.1) is 4.88 Å². The van der Waals surface area contributed by atoms with Gasteiger partial charge in [0.2, 0.25) is 5.91 Å². The highest BCUT2D eigenvalue weighted by Gasteiger charge is 2.37. The summed E-state index contributed by atoms with van der Waals surface area (Å²) >= 11 is 7.37. The van der Waals surface area contributed by atoms with Crippen LogP contribution in [0.5, 0.6) is 0 Å². The van der Waals surface area contributed by atoms with Gasteiger partial charge >= 0.3 is 0 Å². The second-order valence-electron chi connectivity index (χ2n) is 5.39. The molecule has 0 saturated carbocycles. The van der Waals surface area contributed by atoms with E-state index in [2.05, 4.69) is 10.4 Å². The number of rotatable bonds is 5. The van der Waals surface area contributed by atoms with Crippen molar-refractivity contribution in [1.82, 2.24) is 10.3 Å². The molecule has 0 aliphatic carbocycles. The van der Waals surface area contributed by atoms with E-state index >= 15 is 0 Å². The quantitative estimate of drug-likeness (QED) is 0.870. The normalized spacial score (nSPS) is 16.3. The number of carbonyl (C=O) groups is 2. The molecule has 1 N–H and O–H groups in total. The summed E-state index contributed by atoms with van der Waals surface area (Å²) in [5.41, 5.74) is 1.01. The predicted octanol–water partition coefficient (Wildman–Crippen LogP) is 2.63. The lowest BCUT2D eigenvalue weighted by atomic mass is 10.1. The van der Waals surface area contributed by atoms with Crippen molar-refractivity contribution in [1.29, 1.82) is 0 Å². The number of thiophene rings is 1. The third kappa shape index (κ3) is 4.18. The van der Waals surface area contributed by atoms with E-state index in [0.29, 0.717) is 18.0 Å². The summed E-state index contributed by atoms with van der Waals surface area (Å²) in [5.74, 6) is -0.491.